The molecule has 1 saturated carbocycles. The Morgan fingerprint density at radius 3 is 2.82 bits per heavy atom. The first kappa shape index (κ1) is 8.79. The molecule has 1 N–H and O–H groups in total. The molecular weight excluding hydrogens is 134 g/mol. The molecule has 64 valence electrons. The molecule has 1 nitrogen and oxygen atoms in total. The minimum atomic E-state index is 0.915. The first-order valence-electron chi connectivity index (χ1n) is 4.64. The highest BCUT2D eigenvalue weighted by Gasteiger charge is 2.24. The summed E-state index contributed by atoms with van der Waals surface area (Å²) in [7, 11) is 2.04. The van der Waals surface area contributed by atoms with Crippen LogP contribution < -0.4 is 5.32 Å². The Morgan fingerprint density at radius 2 is 2.18 bits per heavy atom. The molecule has 1 aliphatic rings. The van der Waals surface area contributed by atoms with Crippen molar-refractivity contribution in [3.8, 4) is 0 Å². The molecule has 0 bridgehead atoms. The maximum Gasteiger partial charge on any atom is -0.00208 e. The summed E-state index contributed by atoms with van der Waals surface area (Å²) in [6.45, 7) is 4.99. The Hall–Kier alpha value is -0.300. The van der Waals surface area contributed by atoms with Gasteiger partial charge in [-0.2, -0.15) is 0 Å². The Bertz CT molecular complexity index is 120. The van der Waals surface area contributed by atoms with Crippen molar-refractivity contribution >= 4 is 0 Å². The number of hydrogen-bond acceptors (Lipinski definition) is 1. The molecule has 0 aromatic carbocycles. The topological polar surface area (TPSA) is 12.0 Å². The van der Waals surface area contributed by atoms with E-state index in [0.29, 0.717) is 0 Å². The lowest BCUT2D eigenvalue weighted by atomic mass is 9.93. The minimum Gasteiger partial charge on any atom is -0.319 e. The van der Waals surface area contributed by atoms with E-state index >= 15 is 0 Å². The van der Waals surface area contributed by atoms with E-state index < -0.39 is 0 Å². The lowest BCUT2D eigenvalue weighted by molar-refractivity contribution is 0.380. The largest absolute Gasteiger partial charge is 0.319 e. The first-order chi connectivity index (χ1) is 5.38. The molecule has 0 aliphatic heterocycles. The number of allylic oxidation sites excluding steroid dienone is 1. The van der Waals surface area contributed by atoms with Gasteiger partial charge in [0.25, 0.3) is 0 Å². The number of nitrogens with one attached hydrogen (secondary N) is 1. The molecule has 1 rings (SSSR count). The first-order valence-corrected chi connectivity index (χ1v) is 4.64. The van der Waals surface area contributed by atoms with Crippen molar-refractivity contribution in [1.29, 1.82) is 0 Å². The fourth-order valence-corrected chi connectivity index (χ4v) is 2.17. The van der Waals surface area contributed by atoms with E-state index in [4.69, 9.17) is 0 Å². The molecule has 0 aromatic rings. The summed E-state index contributed by atoms with van der Waals surface area (Å²) in [5, 5.41) is 3.26. The van der Waals surface area contributed by atoms with Crippen LogP contribution in [0.5, 0.6) is 0 Å². The molecule has 2 atom stereocenters. The summed E-state index contributed by atoms with van der Waals surface area (Å²) in [5.74, 6) is 1.83. The molecule has 0 spiro atoms. The Morgan fingerprint density at radius 1 is 1.45 bits per heavy atom. The van der Waals surface area contributed by atoms with Crippen LogP contribution >= 0.6 is 0 Å². The second kappa shape index (κ2) is 4.55. The fraction of sp³-hybridized carbons (Fsp3) is 0.800. The van der Waals surface area contributed by atoms with Gasteiger partial charge >= 0.3 is 0 Å². The van der Waals surface area contributed by atoms with Gasteiger partial charge < -0.3 is 5.32 Å². The molecule has 0 radical (unpaired) electrons. The SMILES string of the molecule is C=CCC1CCCC1CNC. The average molecular weight is 153 g/mol. The van der Waals surface area contributed by atoms with E-state index in [1.165, 1.54) is 32.2 Å². The predicted molar refractivity (Wildman–Crippen MR) is 49.6 cm³/mol. The zero-order valence-corrected chi connectivity index (χ0v) is 7.47. The molecule has 0 saturated heterocycles. The highest BCUT2D eigenvalue weighted by Crippen LogP contribution is 2.33. The molecule has 0 heterocycles. The summed E-state index contributed by atoms with van der Waals surface area (Å²) < 4.78 is 0. The molecule has 1 heteroatoms. The minimum absolute atomic E-state index is 0.915. The standard InChI is InChI=1S/C10H19N/c1-3-5-9-6-4-7-10(9)8-11-2/h3,9-11H,1,4-8H2,2H3. The van der Waals surface area contributed by atoms with Crippen molar-refractivity contribution in [2.24, 2.45) is 11.8 Å². The zero-order chi connectivity index (χ0) is 8.10. The Balaban J connectivity index is 2.31. The van der Waals surface area contributed by atoms with Crippen molar-refractivity contribution in [2.75, 3.05) is 13.6 Å². The van der Waals surface area contributed by atoms with Crippen LogP contribution in [0.25, 0.3) is 0 Å². The third-order valence-corrected chi connectivity index (χ3v) is 2.75. The summed E-state index contributed by atoms with van der Waals surface area (Å²) in [4.78, 5) is 0. The van der Waals surface area contributed by atoms with Crippen LogP contribution in [-0.2, 0) is 0 Å². The highest BCUT2D eigenvalue weighted by atomic mass is 14.8. The van der Waals surface area contributed by atoms with Gasteiger partial charge in [0.2, 0.25) is 0 Å². The van der Waals surface area contributed by atoms with Gasteiger partial charge in [-0.15, -0.1) is 6.58 Å². The van der Waals surface area contributed by atoms with E-state index in [0.717, 1.165) is 11.8 Å². The van der Waals surface area contributed by atoms with Gasteiger partial charge in [-0.05, 0) is 44.7 Å². The third-order valence-electron chi connectivity index (χ3n) is 2.75. The smallest absolute Gasteiger partial charge is 0.00208 e. The van der Waals surface area contributed by atoms with Crippen LogP contribution in [0.2, 0.25) is 0 Å². The van der Waals surface area contributed by atoms with Gasteiger partial charge in [-0.1, -0.05) is 12.5 Å². The second-order valence-electron chi connectivity index (χ2n) is 3.53. The van der Waals surface area contributed by atoms with E-state index in [9.17, 15) is 0 Å². The maximum absolute atomic E-state index is 3.80. The van der Waals surface area contributed by atoms with Gasteiger partial charge in [0.15, 0.2) is 0 Å². The van der Waals surface area contributed by atoms with Crippen molar-refractivity contribution in [1.82, 2.24) is 5.32 Å². The van der Waals surface area contributed by atoms with Gasteiger partial charge in [0.05, 0.1) is 0 Å². The summed E-state index contributed by atoms with van der Waals surface area (Å²) in [5.41, 5.74) is 0. The summed E-state index contributed by atoms with van der Waals surface area (Å²) >= 11 is 0. The van der Waals surface area contributed by atoms with Crippen LogP contribution in [0.15, 0.2) is 12.7 Å². The highest BCUT2D eigenvalue weighted by molar-refractivity contribution is 4.83. The Kier molecular flexibility index (Phi) is 3.64. The van der Waals surface area contributed by atoms with Crippen LogP contribution in [0.1, 0.15) is 25.7 Å². The van der Waals surface area contributed by atoms with Crippen LogP contribution in [0.4, 0.5) is 0 Å². The second-order valence-corrected chi connectivity index (χ2v) is 3.53. The van der Waals surface area contributed by atoms with Gasteiger partial charge in [-0.3, -0.25) is 0 Å². The van der Waals surface area contributed by atoms with E-state index in [1.54, 1.807) is 0 Å². The molecule has 1 fully saturated rings. The molecule has 11 heavy (non-hydrogen) atoms. The van der Waals surface area contributed by atoms with Crippen molar-refractivity contribution < 1.29 is 0 Å². The maximum atomic E-state index is 3.80. The van der Waals surface area contributed by atoms with Gasteiger partial charge in [0, 0.05) is 0 Å². The van der Waals surface area contributed by atoms with E-state index in [-0.39, 0.29) is 0 Å². The van der Waals surface area contributed by atoms with Crippen LogP contribution in [-0.4, -0.2) is 13.6 Å². The molecule has 0 aromatic heterocycles. The summed E-state index contributed by atoms with van der Waals surface area (Å²) in [6.07, 6.45) is 7.54. The zero-order valence-electron chi connectivity index (χ0n) is 7.47. The summed E-state index contributed by atoms with van der Waals surface area (Å²) in [6, 6.07) is 0. The third kappa shape index (κ3) is 2.33. The van der Waals surface area contributed by atoms with Crippen molar-refractivity contribution in [3.05, 3.63) is 12.7 Å². The quantitative estimate of drug-likeness (QED) is 0.610. The normalized spacial score (nSPS) is 30.6. The van der Waals surface area contributed by atoms with E-state index in [2.05, 4.69) is 18.0 Å². The molecule has 1 aliphatic carbocycles. The van der Waals surface area contributed by atoms with Crippen LogP contribution in [0, 0.1) is 11.8 Å². The average Bonchev–Trinajstić information content (AvgIpc) is 2.39. The van der Waals surface area contributed by atoms with Gasteiger partial charge in [-0.25, -0.2) is 0 Å². The molecule has 0 amide bonds. The fourth-order valence-electron chi connectivity index (χ4n) is 2.17. The number of rotatable bonds is 4. The molecular formula is C10H19N. The van der Waals surface area contributed by atoms with Crippen LogP contribution in [0.3, 0.4) is 0 Å². The monoisotopic (exact) mass is 153 g/mol. The van der Waals surface area contributed by atoms with Gasteiger partial charge in [0.1, 0.15) is 0 Å². The van der Waals surface area contributed by atoms with Crippen molar-refractivity contribution in [2.45, 2.75) is 25.7 Å². The predicted octanol–water partition coefficient (Wildman–Crippen LogP) is 2.20. The lowest BCUT2D eigenvalue weighted by Gasteiger charge is -2.16. The lowest BCUT2D eigenvalue weighted by Crippen LogP contribution is -2.21. The Labute approximate surface area is 69.9 Å². The number of hydrogen-bond donors (Lipinski definition) is 1. The van der Waals surface area contributed by atoms with Crippen molar-refractivity contribution in [3.63, 3.8) is 0 Å². The van der Waals surface area contributed by atoms with E-state index in [1.807, 2.05) is 7.05 Å². The molecule has 2 unspecified atom stereocenters.